The Morgan fingerprint density at radius 1 is 1.25 bits per heavy atom. The number of ether oxygens (including phenoxy) is 1. The molecule has 1 rings (SSSR count). The second kappa shape index (κ2) is 7.08. The number of carbonyl (C=O) groups is 2. The van der Waals surface area contributed by atoms with Gasteiger partial charge in [0.25, 0.3) is 5.91 Å². The van der Waals surface area contributed by atoms with E-state index in [2.05, 4.69) is 0 Å². The maximum Gasteiger partial charge on any atom is 0.310 e. The molecule has 0 heterocycles. The zero-order valence-corrected chi connectivity index (χ0v) is 12.8. The first-order valence-electron chi connectivity index (χ1n) is 6.82. The van der Waals surface area contributed by atoms with Gasteiger partial charge in [-0.1, -0.05) is 24.6 Å². The van der Waals surface area contributed by atoms with Gasteiger partial charge in [-0.25, -0.2) is 0 Å². The second-order valence-electron chi connectivity index (χ2n) is 5.34. The van der Waals surface area contributed by atoms with Crippen molar-refractivity contribution in [2.24, 2.45) is 5.92 Å². The van der Waals surface area contributed by atoms with Gasteiger partial charge in [-0.3, -0.25) is 9.59 Å². The molecule has 0 saturated carbocycles. The van der Waals surface area contributed by atoms with Crippen LogP contribution in [0.3, 0.4) is 0 Å². The van der Waals surface area contributed by atoms with Crippen molar-refractivity contribution in [1.29, 1.82) is 0 Å². The molecule has 0 aliphatic carbocycles. The Morgan fingerprint density at radius 2 is 1.90 bits per heavy atom. The largest absolute Gasteiger partial charge is 0.469 e. The van der Waals surface area contributed by atoms with Crippen LogP contribution >= 0.6 is 0 Å². The highest BCUT2D eigenvalue weighted by atomic mass is 16.5. The molecule has 0 aromatic heterocycles. The zero-order chi connectivity index (χ0) is 15.3. The molecule has 110 valence electrons. The van der Waals surface area contributed by atoms with Crippen molar-refractivity contribution in [2.75, 3.05) is 13.7 Å². The number of hydrogen-bond donors (Lipinski definition) is 0. The molecule has 20 heavy (non-hydrogen) atoms. The topological polar surface area (TPSA) is 46.6 Å². The van der Waals surface area contributed by atoms with E-state index in [-0.39, 0.29) is 23.8 Å². The molecule has 1 amide bonds. The van der Waals surface area contributed by atoms with Gasteiger partial charge in [-0.2, -0.15) is 0 Å². The summed E-state index contributed by atoms with van der Waals surface area (Å²) in [6.45, 7) is 7.96. The molecule has 4 heteroatoms. The number of benzene rings is 1. The molecule has 1 unspecified atom stereocenters. The predicted octanol–water partition coefficient (Wildman–Crippen LogP) is 2.65. The van der Waals surface area contributed by atoms with E-state index < -0.39 is 0 Å². The van der Waals surface area contributed by atoms with E-state index >= 15 is 0 Å². The van der Waals surface area contributed by atoms with Crippen LogP contribution in [-0.2, 0) is 9.53 Å². The van der Waals surface area contributed by atoms with Crippen molar-refractivity contribution < 1.29 is 14.3 Å². The van der Waals surface area contributed by atoms with Crippen LogP contribution in [0.1, 0.15) is 36.7 Å². The number of methoxy groups -OCH3 is 1. The average Bonchev–Trinajstić information content (AvgIpc) is 2.42. The first-order valence-corrected chi connectivity index (χ1v) is 6.82. The minimum atomic E-state index is -0.337. The fraction of sp³-hybridized carbons (Fsp3) is 0.500. The molecule has 0 aliphatic rings. The third kappa shape index (κ3) is 4.08. The van der Waals surface area contributed by atoms with Crippen LogP contribution in [0.4, 0.5) is 0 Å². The maximum atomic E-state index is 12.6. The molecular weight excluding hydrogens is 254 g/mol. The van der Waals surface area contributed by atoms with Crippen LogP contribution in [0, 0.1) is 12.8 Å². The van der Waals surface area contributed by atoms with Gasteiger partial charge < -0.3 is 9.64 Å². The predicted molar refractivity (Wildman–Crippen MR) is 78.5 cm³/mol. The number of nitrogens with zero attached hydrogens (tertiary/aromatic N) is 1. The van der Waals surface area contributed by atoms with Gasteiger partial charge in [0.15, 0.2) is 0 Å². The van der Waals surface area contributed by atoms with E-state index in [1.165, 1.54) is 7.11 Å². The van der Waals surface area contributed by atoms with E-state index in [1.807, 2.05) is 39.0 Å². The first-order chi connectivity index (χ1) is 9.36. The standard InChI is InChI=1S/C16H23NO3/c1-11(2)17(10-13(4)16(19)20-5)15(18)14-8-6-7-12(3)9-14/h6-9,11,13H,10H2,1-5H3. The normalized spacial score (nSPS) is 12.1. The van der Waals surface area contributed by atoms with Gasteiger partial charge in [-0.05, 0) is 32.9 Å². The first kappa shape index (κ1) is 16.2. The van der Waals surface area contributed by atoms with Crippen LogP contribution in [0.5, 0.6) is 0 Å². The van der Waals surface area contributed by atoms with E-state index in [1.54, 1.807) is 17.9 Å². The number of aryl methyl sites for hydroxylation is 1. The van der Waals surface area contributed by atoms with E-state index in [4.69, 9.17) is 4.74 Å². The van der Waals surface area contributed by atoms with Crippen molar-refractivity contribution in [3.63, 3.8) is 0 Å². The molecule has 0 bridgehead atoms. The highest BCUT2D eigenvalue weighted by Crippen LogP contribution is 2.13. The highest BCUT2D eigenvalue weighted by molar-refractivity contribution is 5.94. The molecule has 0 radical (unpaired) electrons. The van der Waals surface area contributed by atoms with Crippen molar-refractivity contribution in [1.82, 2.24) is 4.90 Å². The van der Waals surface area contributed by atoms with Gasteiger partial charge >= 0.3 is 5.97 Å². The molecular formula is C16H23NO3. The van der Waals surface area contributed by atoms with E-state index in [0.717, 1.165) is 5.56 Å². The fourth-order valence-corrected chi connectivity index (χ4v) is 2.04. The van der Waals surface area contributed by atoms with Crippen LogP contribution in [0.2, 0.25) is 0 Å². The SMILES string of the molecule is COC(=O)C(C)CN(C(=O)c1cccc(C)c1)C(C)C. The molecule has 0 fully saturated rings. The highest BCUT2D eigenvalue weighted by Gasteiger charge is 2.24. The summed E-state index contributed by atoms with van der Waals surface area (Å²) in [5.41, 5.74) is 1.69. The van der Waals surface area contributed by atoms with Gasteiger partial charge in [0, 0.05) is 18.2 Å². The fourth-order valence-electron chi connectivity index (χ4n) is 2.04. The van der Waals surface area contributed by atoms with E-state index in [9.17, 15) is 9.59 Å². The smallest absolute Gasteiger partial charge is 0.310 e. The van der Waals surface area contributed by atoms with E-state index in [0.29, 0.717) is 12.1 Å². The number of rotatable bonds is 5. The van der Waals surface area contributed by atoms with Crippen LogP contribution in [0.25, 0.3) is 0 Å². The Bertz CT molecular complexity index is 482. The lowest BCUT2D eigenvalue weighted by Crippen LogP contribution is -2.41. The quantitative estimate of drug-likeness (QED) is 0.777. The number of hydrogen-bond acceptors (Lipinski definition) is 3. The minimum Gasteiger partial charge on any atom is -0.469 e. The number of amides is 1. The average molecular weight is 277 g/mol. The zero-order valence-electron chi connectivity index (χ0n) is 12.8. The lowest BCUT2D eigenvalue weighted by molar-refractivity contribution is -0.145. The van der Waals surface area contributed by atoms with Crippen molar-refractivity contribution >= 4 is 11.9 Å². The lowest BCUT2D eigenvalue weighted by atomic mass is 10.1. The second-order valence-corrected chi connectivity index (χ2v) is 5.34. The maximum absolute atomic E-state index is 12.6. The number of carbonyl (C=O) groups excluding carboxylic acids is 2. The lowest BCUT2D eigenvalue weighted by Gasteiger charge is -2.29. The summed E-state index contributed by atoms with van der Waals surface area (Å²) in [6.07, 6.45) is 0. The van der Waals surface area contributed by atoms with Crippen molar-refractivity contribution in [3.05, 3.63) is 35.4 Å². The van der Waals surface area contributed by atoms with Crippen LogP contribution < -0.4 is 0 Å². The summed E-state index contributed by atoms with van der Waals surface area (Å²) in [7, 11) is 1.36. The Morgan fingerprint density at radius 3 is 2.40 bits per heavy atom. The van der Waals surface area contributed by atoms with Gasteiger partial charge in [0.05, 0.1) is 13.0 Å². The van der Waals surface area contributed by atoms with Gasteiger partial charge in [-0.15, -0.1) is 0 Å². The van der Waals surface area contributed by atoms with Crippen molar-refractivity contribution in [3.8, 4) is 0 Å². The molecule has 0 N–H and O–H groups in total. The third-order valence-electron chi connectivity index (χ3n) is 3.22. The molecule has 0 aliphatic heterocycles. The molecule has 4 nitrogen and oxygen atoms in total. The van der Waals surface area contributed by atoms with Crippen LogP contribution in [-0.4, -0.2) is 36.5 Å². The van der Waals surface area contributed by atoms with Crippen LogP contribution in [0.15, 0.2) is 24.3 Å². The molecule has 1 aromatic rings. The summed E-state index contributed by atoms with van der Waals surface area (Å²) in [6, 6.07) is 7.50. The summed E-state index contributed by atoms with van der Waals surface area (Å²) in [5, 5.41) is 0. The Kier molecular flexibility index (Phi) is 5.74. The van der Waals surface area contributed by atoms with Gasteiger partial charge in [0.1, 0.15) is 0 Å². The molecule has 1 atom stereocenters. The summed E-state index contributed by atoms with van der Waals surface area (Å²) >= 11 is 0. The Balaban J connectivity index is 2.91. The van der Waals surface area contributed by atoms with Crippen molar-refractivity contribution in [2.45, 2.75) is 33.7 Å². The summed E-state index contributed by atoms with van der Waals surface area (Å²) in [5.74, 6) is -0.691. The third-order valence-corrected chi connectivity index (χ3v) is 3.22. The summed E-state index contributed by atoms with van der Waals surface area (Å²) in [4.78, 5) is 25.8. The molecule has 0 saturated heterocycles. The summed E-state index contributed by atoms with van der Waals surface area (Å²) < 4.78 is 4.72. The molecule has 1 aromatic carbocycles. The Hall–Kier alpha value is -1.84. The number of esters is 1. The monoisotopic (exact) mass is 277 g/mol. The van der Waals surface area contributed by atoms with Gasteiger partial charge in [0.2, 0.25) is 0 Å². The Labute approximate surface area is 120 Å². The molecule has 0 spiro atoms. The minimum absolute atomic E-state index is 0.0233.